The van der Waals surface area contributed by atoms with Crippen molar-refractivity contribution in [3.63, 3.8) is 0 Å². The predicted octanol–water partition coefficient (Wildman–Crippen LogP) is 3.79. The molecule has 4 rings (SSSR count). The van der Waals surface area contributed by atoms with Gasteiger partial charge in [-0.25, -0.2) is 4.98 Å². The number of nitrogens with zero attached hydrogens (tertiary/aromatic N) is 3. The minimum absolute atomic E-state index is 0.0510. The minimum Gasteiger partial charge on any atom is -0.330 e. The van der Waals surface area contributed by atoms with E-state index in [9.17, 15) is 4.79 Å². The minimum atomic E-state index is 0.0510. The molecule has 3 aromatic rings. The van der Waals surface area contributed by atoms with E-state index < -0.39 is 0 Å². The van der Waals surface area contributed by atoms with Crippen molar-refractivity contribution in [3.05, 3.63) is 71.1 Å². The number of hydrogen-bond donors (Lipinski definition) is 0. The SMILES string of the molecule is O=C(c1ccc(Cl)cc1)N(Cc1cnc2ccccn12)C1CC1. The van der Waals surface area contributed by atoms with Crippen LogP contribution in [0.3, 0.4) is 0 Å². The Morgan fingerprint density at radius 2 is 2.00 bits per heavy atom. The van der Waals surface area contributed by atoms with E-state index in [1.165, 1.54) is 0 Å². The lowest BCUT2D eigenvalue weighted by Crippen LogP contribution is -2.33. The Morgan fingerprint density at radius 3 is 2.74 bits per heavy atom. The highest BCUT2D eigenvalue weighted by Gasteiger charge is 2.33. The van der Waals surface area contributed by atoms with Crippen molar-refractivity contribution >= 4 is 23.2 Å². The molecule has 0 radical (unpaired) electrons. The van der Waals surface area contributed by atoms with Crippen LogP contribution in [0.4, 0.5) is 0 Å². The zero-order valence-electron chi connectivity index (χ0n) is 12.5. The fourth-order valence-electron chi connectivity index (χ4n) is 2.79. The number of rotatable bonds is 4. The first-order valence-corrected chi connectivity index (χ1v) is 8.08. The lowest BCUT2D eigenvalue weighted by molar-refractivity contribution is 0.0727. The van der Waals surface area contributed by atoms with Gasteiger partial charge in [0.15, 0.2) is 0 Å². The second-order valence-electron chi connectivity index (χ2n) is 5.85. The summed E-state index contributed by atoms with van der Waals surface area (Å²) < 4.78 is 2.03. The summed E-state index contributed by atoms with van der Waals surface area (Å²) in [7, 11) is 0. The third-order valence-electron chi connectivity index (χ3n) is 4.17. The van der Waals surface area contributed by atoms with Gasteiger partial charge in [0.05, 0.1) is 18.4 Å². The molecule has 0 atom stereocenters. The van der Waals surface area contributed by atoms with E-state index in [2.05, 4.69) is 4.98 Å². The largest absolute Gasteiger partial charge is 0.330 e. The summed E-state index contributed by atoms with van der Waals surface area (Å²) >= 11 is 5.91. The quantitative estimate of drug-likeness (QED) is 0.732. The normalized spacial score (nSPS) is 14.1. The van der Waals surface area contributed by atoms with Crippen LogP contribution < -0.4 is 0 Å². The van der Waals surface area contributed by atoms with Gasteiger partial charge in [0.25, 0.3) is 5.91 Å². The average Bonchev–Trinajstić information content (AvgIpc) is 3.34. The molecule has 1 fully saturated rings. The van der Waals surface area contributed by atoms with Crippen LogP contribution >= 0.6 is 11.6 Å². The third kappa shape index (κ3) is 2.82. The van der Waals surface area contributed by atoms with Gasteiger partial charge in [0, 0.05) is 22.8 Å². The van der Waals surface area contributed by atoms with Crippen molar-refractivity contribution in [1.82, 2.24) is 14.3 Å². The molecular weight excluding hydrogens is 310 g/mol. The van der Waals surface area contributed by atoms with Crippen molar-refractivity contribution in [2.24, 2.45) is 0 Å². The van der Waals surface area contributed by atoms with E-state index in [0.717, 1.165) is 24.2 Å². The molecule has 2 heterocycles. The van der Waals surface area contributed by atoms with Gasteiger partial charge in [-0.05, 0) is 49.2 Å². The second kappa shape index (κ2) is 5.70. The lowest BCUT2D eigenvalue weighted by Gasteiger charge is -2.22. The monoisotopic (exact) mass is 325 g/mol. The first-order valence-electron chi connectivity index (χ1n) is 7.70. The average molecular weight is 326 g/mol. The van der Waals surface area contributed by atoms with Crippen molar-refractivity contribution in [1.29, 1.82) is 0 Å². The fourth-order valence-corrected chi connectivity index (χ4v) is 2.91. The van der Waals surface area contributed by atoms with Crippen LogP contribution in [0.5, 0.6) is 0 Å². The van der Waals surface area contributed by atoms with Gasteiger partial charge < -0.3 is 9.30 Å². The Kier molecular flexibility index (Phi) is 3.54. The molecule has 0 saturated heterocycles. The van der Waals surface area contributed by atoms with Gasteiger partial charge in [-0.15, -0.1) is 0 Å². The number of pyridine rings is 1. The fraction of sp³-hybridized carbons (Fsp3) is 0.222. The van der Waals surface area contributed by atoms with Crippen LogP contribution in [-0.4, -0.2) is 26.2 Å². The molecule has 0 N–H and O–H groups in total. The number of carbonyl (C=O) groups is 1. The van der Waals surface area contributed by atoms with Crippen molar-refractivity contribution in [2.45, 2.75) is 25.4 Å². The van der Waals surface area contributed by atoms with Gasteiger partial charge in [-0.3, -0.25) is 4.79 Å². The molecule has 5 heteroatoms. The molecule has 0 unspecified atom stereocenters. The molecule has 1 aliphatic rings. The number of hydrogen-bond acceptors (Lipinski definition) is 2. The highest BCUT2D eigenvalue weighted by atomic mass is 35.5. The molecule has 0 aliphatic heterocycles. The molecule has 4 nitrogen and oxygen atoms in total. The summed E-state index contributed by atoms with van der Waals surface area (Å²) in [5.41, 5.74) is 2.60. The number of amides is 1. The molecule has 23 heavy (non-hydrogen) atoms. The summed E-state index contributed by atoms with van der Waals surface area (Å²) in [5.74, 6) is 0.0510. The summed E-state index contributed by atoms with van der Waals surface area (Å²) in [6, 6.07) is 13.3. The lowest BCUT2D eigenvalue weighted by atomic mass is 10.2. The van der Waals surface area contributed by atoms with Gasteiger partial charge in [0.1, 0.15) is 5.65 Å². The summed E-state index contributed by atoms with van der Waals surface area (Å²) in [6.07, 6.45) is 5.96. The number of halogens is 1. The molecule has 2 aromatic heterocycles. The zero-order valence-corrected chi connectivity index (χ0v) is 13.3. The predicted molar refractivity (Wildman–Crippen MR) is 89.5 cm³/mol. The van der Waals surface area contributed by atoms with Crippen LogP contribution in [0.2, 0.25) is 5.02 Å². The maximum Gasteiger partial charge on any atom is 0.254 e. The van der Waals surface area contributed by atoms with E-state index >= 15 is 0 Å². The van der Waals surface area contributed by atoms with Crippen molar-refractivity contribution < 1.29 is 4.79 Å². The Labute approximate surface area is 139 Å². The Balaban J connectivity index is 1.63. The molecular formula is C18H16ClN3O. The molecule has 1 saturated carbocycles. The smallest absolute Gasteiger partial charge is 0.254 e. The number of carbonyl (C=O) groups excluding carboxylic acids is 1. The van der Waals surface area contributed by atoms with Gasteiger partial charge in [-0.1, -0.05) is 17.7 Å². The Morgan fingerprint density at radius 1 is 1.22 bits per heavy atom. The van der Waals surface area contributed by atoms with Crippen LogP contribution in [0.15, 0.2) is 54.9 Å². The summed E-state index contributed by atoms with van der Waals surface area (Å²) in [6.45, 7) is 0.567. The Hall–Kier alpha value is -2.33. The highest BCUT2D eigenvalue weighted by Crippen LogP contribution is 2.30. The van der Waals surface area contributed by atoms with E-state index in [1.807, 2.05) is 39.9 Å². The summed E-state index contributed by atoms with van der Waals surface area (Å²) in [5, 5.41) is 0.640. The van der Waals surface area contributed by atoms with Crippen molar-refractivity contribution in [2.75, 3.05) is 0 Å². The molecule has 0 spiro atoms. The molecule has 116 valence electrons. The topological polar surface area (TPSA) is 37.6 Å². The molecule has 1 aliphatic carbocycles. The Bertz CT molecular complexity index is 852. The standard InChI is InChI=1S/C18H16ClN3O/c19-14-6-4-13(5-7-14)18(23)22(15-8-9-15)12-16-11-20-17-3-1-2-10-21(16)17/h1-7,10-11,15H,8-9,12H2. The first-order chi connectivity index (χ1) is 11.2. The van der Waals surface area contributed by atoms with E-state index in [1.54, 1.807) is 24.3 Å². The van der Waals surface area contributed by atoms with Gasteiger partial charge in [-0.2, -0.15) is 0 Å². The maximum absolute atomic E-state index is 12.9. The zero-order chi connectivity index (χ0) is 15.8. The number of benzene rings is 1. The molecule has 1 amide bonds. The second-order valence-corrected chi connectivity index (χ2v) is 6.29. The van der Waals surface area contributed by atoms with Crippen LogP contribution in [-0.2, 0) is 6.54 Å². The third-order valence-corrected chi connectivity index (χ3v) is 4.42. The van der Waals surface area contributed by atoms with Crippen molar-refractivity contribution in [3.8, 4) is 0 Å². The van der Waals surface area contributed by atoms with E-state index in [0.29, 0.717) is 23.2 Å². The summed E-state index contributed by atoms with van der Waals surface area (Å²) in [4.78, 5) is 19.2. The van der Waals surface area contributed by atoms with Gasteiger partial charge in [0.2, 0.25) is 0 Å². The number of fused-ring (bicyclic) bond motifs is 1. The maximum atomic E-state index is 12.9. The van der Waals surface area contributed by atoms with Crippen LogP contribution in [0.25, 0.3) is 5.65 Å². The van der Waals surface area contributed by atoms with Crippen LogP contribution in [0.1, 0.15) is 28.9 Å². The number of aromatic nitrogens is 2. The first kappa shape index (κ1) is 14.3. The van der Waals surface area contributed by atoms with Crippen LogP contribution in [0, 0.1) is 0 Å². The van der Waals surface area contributed by atoms with Gasteiger partial charge >= 0.3 is 0 Å². The van der Waals surface area contributed by atoms with E-state index in [4.69, 9.17) is 11.6 Å². The molecule has 0 bridgehead atoms. The van der Waals surface area contributed by atoms with E-state index in [-0.39, 0.29) is 5.91 Å². The number of imidazole rings is 1. The molecule has 1 aromatic carbocycles. The highest BCUT2D eigenvalue weighted by molar-refractivity contribution is 6.30.